The van der Waals surface area contributed by atoms with E-state index in [2.05, 4.69) is 0 Å². The summed E-state index contributed by atoms with van der Waals surface area (Å²) < 4.78 is 20.8. The standard InChI is InChI=1S/C21H21Cl4NO6/c1-26(6-8-29-20(27)12-31-18-4-2-14(22)10-16(18)24)7-9-30-21(28)13-32-19-5-3-15(23)11-17(19)25/h2-5,10-11H,6-9,12-13H2,1H3. The van der Waals surface area contributed by atoms with E-state index in [-0.39, 0.29) is 26.4 Å². The fraction of sp³-hybridized carbons (Fsp3) is 0.333. The average Bonchev–Trinajstić information content (AvgIpc) is 2.72. The Hall–Kier alpha value is -1.90. The summed E-state index contributed by atoms with van der Waals surface area (Å²) in [6.07, 6.45) is 0. The van der Waals surface area contributed by atoms with Crippen LogP contribution >= 0.6 is 46.4 Å². The van der Waals surface area contributed by atoms with E-state index in [0.717, 1.165) is 0 Å². The predicted octanol–water partition coefficient (Wildman–Crippen LogP) is 4.78. The molecule has 0 spiro atoms. The lowest BCUT2D eigenvalue weighted by Crippen LogP contribution is -2.30. The third-order valence-corrected chi connectivity index (χ3v) is 5.01. The van der Waals surface area contributed by atoms with Gasteiger partial charge in [0.25, 0.3) is 0 Å². The van der Waals surface area contributed by atoms with Gasteiger partial charge in [0.1, 0.15) is 24.7 Å². The number of carbonyl (C=O) groups is 2. The SMILES string of the molecule is CN(CCOC(=O)COc1ccc(Cl)cc1Cl)CCOC(=O)COc1ccc(Cl)cc1Cl. The Kier molecular flexibility index (Phi) is 11.2. The van der Waals surface area contributed by atoms with Crippen molar-refractivity contribution in [3.8, 4) is 11.5 Å². The molecule has 0 N–H and O–H groups in total. The van der Waals surface area contributed by atoms with Crippen LogP contribution in [0.2, 0.25) is 20.1 Å². The van der Waals surface area contributed by atoms with Gasteiger partial charge < -0.3 is 18.9 Å². The Morgan fingerprint density at radius 2 is 1.16 bits per heavy atom. The smallest absolute Gasteiger partial charge is 0.344 e. The first-order valence-corrected chi connectivity index (χ1v) is 10.9. The summed E-state index contributed by atoms with van der Waals surface area (Å²) in [6.45, 7) is 0.642. The van der Waals surface area contributed by atoms with Crippen LogP contribution in [0.15, 0.2) is 36.4 Å². The van der Waals surface area contributed by atoms with Crippen molar-refractivity contribution in [3.63, 3.8) is 0 Å². The number of esters is 2. The highest BCUT2D eigenvalue weighted by Gasteiger charge is 2.10. The van der Waals surface area contributed by atoms with Gasteiger partial charge in [0.15, 0.2) is 13.2 Å². The maximum absolute atomic E-state index is 11.8. The maximum Gasteiger partial charge on any atom is 0.344 e. The van der Waals surface area contributed by atoms with Gasteiger partial charge in [-0.15, -0.1) is 0 Å². The largest absolute Gasteiger partial charge is 0.480 e. The first kappa shape index (κ1) is 26.4. The molecule has 0 saturated heterocycles. The Morgan fingerprint density at radius 3 is 1.53 bits per heavy atom. The Balaban J connectivity index is 1.55. The molecule has 0 aliphatic rings. The molecule has 11 heteroatoms. The van der Waals surface area contributed by atoms with E-state index in [1.54, 1.807) is 31.3 Å². The summed E-state index contributed by atoms with van der Waals surface area (Å²) in [5.74, 6) is -0.383. The van der Waals surface area contributed by atoms with Crippen molar-refractivity contribution < 1.29 is 28.5 Å². The van der Waals surface area contributed by atoms with Crippen molar-refractivity contribution in [2.75, 3.05) is 46.6 Å². The van der Waals surface area contributed by atoms with Crippen LogP contribution in [0, 0.1) is 0 Å². The molecule has 0 heterocycles. The molecule has 32 heavy (non-hydrogen) atoms. The highest BCUT2D eigenvalue weighted by Crippen LogP contribution is 2.28. The lowest BCUT2D eigenvalue weighted by atomic mass is 10.3. The third-order valence-electron chi connectivity index (χ3n) is 3.95. The fourth-order valence-corrected chi connectivity index (χ4v) is 3.21. The van der Waals surface area contributed by atoms with E-state index in [1.807, 2.05) is 4.90 Å². The minimum absolute atomic E-state index is 0.152. The van der Waals surface area contributed by atoms with E-state index in [4.69, 9.17) is 65.4 Å². The lowest BCUT2D eigenvalue weighted by Gasteiger charge is -2.16. The Labute approximate surface area is 206 Å². The molecule has 0 atom stereocenters. The van der Waals surface area contributed by atoms with Gasteiger partial charge in [-0.25, -0.2) is 9.59 Å². The normalized spacial score (nSPS) is 10.7. The van der Waals surface area contributed by atoms with Crippen LogP contribution in [0.1, 0.15) is 0 Å². The zero-order valence-electron chi connectivity index (χ0n) is 17.1. The van der Waals surface area contributed by atoms with E-state index in [9.17, 15) is 9.59 Å². The molecule has 0 aliphatic carbocycles. The number of likely N-dealkylation sites (N-methyl/N-ethyl adjacent to an activating group) is 1. The van der Waals surface area contributed by atoms with Crippen LogP contribution in [-0.2, 0) is 19.1 Å². The van der Waals surface area contributed by atoms with E-state index in [1.165, 1.54) is 12.1 Å². The third kappa shape index (κ3) is 9.71. The number of halogens is 4. The zero-order valence-corrected chi connectivity index (χ0v) is 20.1. The van der Waals surface area contributed by atoms with E-state index >= 15 is 0 Å². The van der Waals surface area contributed by atoms with Gasteiger partial charge in [-0.2, -0.15) is 0 Å². The van der Waals surface area contributed by atoms with Gasteiger partial charge in [0, 0.05) is 23.1 Å². The van der Waals surface area contributed by atoms with Gasteiger partial charge in [-0.1, -0.05) is 46.4 Å². The van der Waals surface area contributed by atoms with Crippen LogP contribution < -0.4 is 9.47 Å². The summed E-state index contributed by atoms with van der Waals surface area (Å²) in [5.41, 5.74) is 0. The molecule has 0 saturated carbocycles. The molecule has 0 unspecified atom stereocenters. The van der Waals surface area contributed by atoms with Crippen molar-refractivity contribution in [2.24, 2.45) is 0 Å². The van der Waals surface area contributed by atoms with Gasteiger partial charge in [-0.3, -0.25) is 4.90 Å². The molecule has 2 rings (SSSR count). The van der Waals surface area contributed by atoms with Crippen molar-refractivity contribution in [1.29, 1.82) is 0 Å². The maximum atomic E-state index is 11.8. The number of nitrogens with zero attached hydrogens (tertiary/aromatic N) is 1. The first-order chi connectivity index (χ1) is 15.2. The highest BCUT2D eigenvalue weighted by molar-refractivity contribution is 6.36. The second-order valence-electron chi connectivity index (χ2n) is 6.47. The average molecular weight is 525 g/mol. The van der Waals surface area contributed by atoms with Crippen LogP contribution in [-0.4, -0.2) is 63.4 Å². The Morgan fingerprint density at radius 1 is 0.750 bits per heavy atom. The molecule has 2 aromatic rings. The number of hydrogen-bond donors (Lipinski definition) is 0. The first-order valence-electron chi connectivity index (χ1n) is 9.40. The molecule has 2 aromatic carbocycles. The van der Waals surface area contributed by atoms with Gasteiger partial charge in [0.05, 0.1) is 10.0 Å². The molecular weight excluding hydrogens is 504 g/mol. The monoisotopic (exact) mass is 523 g/mol. The van der Waals surface area contributed by atoms with Crippen molar-refractivity contribution >= 4 is 58.3 Å². The summed E-state index contributed by atoms with van der Waals surface area (Å²) in [7, 11) is 1.80. The molecule has 174 valence electrons. The minimum atomic E-state index is -0.533. The quantitative estimate of drug-likeness (QED) is 0.370. The van der Waals surface area contributed by atoms with E-state index < -0.39 is 11.9 Å². The second kappa shape index (κ2) is 13.6. The highest BCUT2D eigenvalue weighted by atomic mass is 35.5. The number of hydrogen-bond acceptors (Lipinski definition) is 7. The summed E-state index contributed by atoms with van der Waals surface area (Å²) >= 11 is 23.5. The van der Waals surface area contributed by atoms with Crippen LogP contribution in [0.5, 0.6) is 11.5 Å². The summed E-state index contributed by atoms with van der Waals surface area (Å²) in [4.78, 5) is 25.4. The molecule has 0 aromatic heterocycles. The number of rotatable bonds is 12. The summed E-state index contributed by atoms with van der Waals surface area (Å²) in [6, 6.07) is 9.39. The van der Waals surface area contributed by atoms with Crippen LogP contribution in [0.4, 0.5) is 0 Å². The number of benzene rings is 2. The minimum Gasteiger partial charge on any atom is -0.480 e. The summed E-state index contributed by atoms with van der Waals surface area (Å²) in [5, 5.41) is 1.55. The second-order valence-corrected chi connectivity index (χ2v) is 8.16. The lowest BCUT2D eigenvalue weighted by molar-refractivity contribution is -0.146. The van der Waals surface area contributed by atoms with Gasteiger partial charge >= 0.3 is 11.9 Å². The number of ether oxygens (including phenoxy) is 4. The molecule has 0 fully saturated rings. The van der Waals surface area contributed by atoms with Gasteiger partial charge in [0.2, 0.25) is 0 Å². The predicted molar refractivity (Wildman–Crippen MR) is 123 cm³/mol. The molecule has 0 aliphatic heterocycles. The molecule has 0 bridgehead atoms. The topological polar surface area (TPSA) is 74.3 Å². The molecular formula is C21H21Cl4NO6. The molecule has 0 radical (unpaired) electrons. The fourth-order valence-electron chi connectivity index (χ4n) is 2.28. The van der Waals surface area contributed by atoms with Crippen molar-refractivity contribution in [2.45, 2.75) is 0 Å². The number of carbonyl (C=O) groups excluding carboxylic acids is 2. The van der Waals surface area contributed by atoms with Crippen molar-refractivity contribution in [1.82, 2.24) is 4.90 Å². The molecule has 7 nitrogen and oxygen atoms in total. The van der Waals surface area contributed by atoms with Crippen LogP contribution in [0.25, 0.3) is 0 Å². The Bertz CT molecular complexity index is 854. The van der Waals surface area contributed by atoms with Crippen molar-refractivity contribution in [3.05, 3.63) is 56.5 Å². The van der Waals surface area contributed by atoms with Crippen LogP contribution in [0.3, 0.4) is 0 Å². The van der Waals surface area contributed by atoms with Gasteiger partial charge in [-0.05, 0) is 43.4 Å². The zero-order chi connectivity index (χ0) is 23.5. The van der Waals surface area contributed by atoms with E-state index in [0.29, 0.717) is 44.7 Å². The molecule has 0 amide bonds.